The number of amides is 1. The van der Waals surface area contributed by atoms with E-state index in [2.05, 4.69) is 4.98 Å². The summed E-state index contributed by atoms with van der Waals surface area (Å²) in [4.78, 5) is 30.5. The number of likely N-dealkylation sites (tertiary alicyclic amines) is 1. The molecule has 3 unspecified atom stereocenters. The fraction of sp³-hybridized carbons (Fsp3) is 0.588. The highest BCUT2D eigenvalue weighted by Gasteiger charge is 2.53. The molecule has 2 saturated heterocycles. The minimum Gasteiger partial charge on any atom is -0.330 e. The summed E-state index contributed by atoms with van der Waals surface area (Å²) in [5.41, 5.74) is 6.49. The van der Waals surface area contributed by atoms with Crippen molar-refractivity contribution in [1.82, 2.24) is 14.2 Å². The van der Waals surface area contributed by atoms with Crippen LogP contribution in [0.2, 0.25) is 0 Å². The van der Waals surface area contributed by atoms with Crippen molar-refractivity contribution >= 4 is 21.7 Å². The third-order valence-electron chi connectivity index (χ3n) is 5.01. The van der Waals surface area contributed by atoms with Crippen molar-refractivity contribution in [2.75, 3.05) is 13.1 Å². The van der Waals surface area contributed by atoms with E-state index in [4.69, 9.17) is 5.73 Å². The first-order chi connectivity index (χ1) is 12.3. The Morgan fingerprint density at radius 2 is 2.23 bits per heavy atom. The Balaban J connectivity index is 1.77. The molecule has 1 amide bonds. The summed E-state index contributed by atoms with van der Waals surface area (Å²) in [6.45, 7) is 2.11. The minimum absolute atomic E-state index is 0.190. The van der Waals surface area contributed by atoms with Gasteiger partial charge in [0.15, 0.2) is 5.78 Å². The number of sulfonamides is 1. The summed E-state index contributed by atoms with van der Waals surface area (Å²) in [7, 11) is -3.68. The van der Waals surface area contributed by atoms with E-state index >= 15 is 0 Å². The van der Waals surface area contributed by atoms with Gasteiger partial charge in [0, 0.05) is 18.9 Å². The highest BCUT2D eigenvalue weighted by molar-refractivity contribution is 7.88. The molecule has 3 heterocycles. The number of fused-ring (bicyclic) bond motifs is 1. The number of Topliss-reactive ketones (excluding diaryl/α,β-unsaturated/α-hetero) is 1. The van der Waals surface area contributed by atoms with Gasteiger partial charge in [0.25, 0.3) is 0 Å². The van der Waals surface area contributed by atoms with Crippen molar-refractivity contribution < 1.29 is 18.0 Å². The van der Waals surface area contributed by atoms with E-state index in [-0.39, 0.29) is 24.0 Å². The standard InChI is InChI=1S/C17H24N4O4S/c1-2-4-13(18)17(23)20-8-6-14-16(20)15(22)10-21(14)26(24,25)11-12-5-3-7-19-9-12/h3,5,7,9,13-14,16H,2,4,6,8,10-11,18H2,1H3. The monoisotopic (exact) mass is 380 g/mol. The second-order valence-corrected chi connectivity index (χ2v) is 8.78. The molecule has 3 rings (SSSR count). The first-order valence-electron chi connectivity index (χ1n) is 8.82. The van der Waals surface area contributed by atoms with Gasteiger partial charge in [0.1, 0.15) is 6.04 Å². The highest BCUT2D eigenvalue weighted by Crippen LogP contribution is 2.33. The Kier molecular flexibility index (Phi) is 5.40. The third kappa shape index (κ3) is 3.51. The summed E-state index contributed by atoms with van der Waals surface area (Å²) in [6, 6.07) is 1.51. The number of aromatic nitrogens is 1. The molecule has 2 fully saturated rings. The summed E-state index contributed by atoms with van der Waals surface area (Å²) in [5, 5.41) is 0. The van der Waals surface area contributed by atoms with Gasteiger partial charge in [-0.3, -0.25) is 14.6 Å². The van der Waals surface area contributed by atoms with Crippen molar-refractivity contribution in [2.45, 2.75) is 50.1 Å². The van der Waals surface area contributed by atoms with Crippen LogP contribution in [0.5, 0.6) is 0 Å². The molecular weight excluding hydrogens is 356 g/mol. The molecule has 0 radical (unpaired) electrons. The van der Waals surface area contributed by atoms with Gasteiger partial charge < -0.3 is 10.6 Å². The van der Waals surface area contributed by atoms with Crippen LogP contribution in [0.25, 0.3) is 0 Å². The van der Waals surface area contributed by atoms with Gasteiger partial charge >= 0.3 is 0 Å². The van der Waals surface area contributed by atoms with Gasteiger partial charge in [0.05, 0.1) is 24.4 Å². The fourth-order valence-corrected chi connectivity index (χ4v) is 5.52. The molecule has 2 aliphatic rings. The topological polar surface area (TPSA) is 114 Å². The first-order valence-corrected chi connectivity index (χ1v) is 10.4. The Morgan fingerprint density at radius 3 is 2.88 bits per heavy atom. The molecule has 2 aliphatic heterocycles. The number of hydrogen-bond donors (Lipinski definition) is 1. The number of carbonyl (C=O) groups excluding carboxylic acids is 2. The molecule has 3 atom stereocenters. The first kappa shape index (κ1) is 18.9. The highest BCUT2D eigenvalue weighted by atomic mass is 32.2. The fourth-order valence-electron chi connectivity index (χ4n) is 3.81. The van der Waals surface area contributed by atoms with E-state index < -0.39 is 28.1 Å². The lowest BCUT2D eigenvalue weighted by Gasteiger charge is -2.26. The lowest BCUT2D eigenvalue weighted by Crippen LogP contribution is -2.49. The van der Waals surface area contributed by atoms with Crippen molar-refractivity contribution in [3.8, 4) is 0 Å². The Labute approximate surface area is 153 Å². The van der Waals surface area contributed by atoms with Crippen molar-refractivity contribution in [2.24, 2.45) is 5.73 Å². The Morgan fingerprint density at radius 1 is 1.46 bits per heavy atom. The number of rotatable bonds is 6. The van der Waals surface area contributed by atoms with Gasteiger partial charge in [0.2, 0.25) is 15.9 Å². The minimum atomic E-state index is -3.68. The summed E-state index contributed by atoms with van der Waals surface area (Å²) in [5.74, 6) is -0.709. The Hall–Kier alpha value is -1.84. The molecule has 9 heteroatoms. The predicted octanol–water partition coefficient (Wildman–Crippen LogP) is -0.107. The molecule has 0 bridgehead atoms. The third-order valence-corrected chi connectivity index (χ3v) is 6.82. The van der Waals surface area contributed by atoms with Crippen LogP contribution in [0.15, 0.2) is 24.5 Å². The largest absolute Gasteiger partial charge is 0.330 e. The van der Waals surface area contributed by atoms with Crippen LogP contribution in [0.1, 0.15) is 31.7 Å². The van der Waals surface area contributed by atoms with Crippen LogP contribution in [0.3, 0.4) is 0 Å². The van der Waals surface area contributed by atoms with Crippen LogP contribution in [-0.4, -0.2) is 65.5 Å². The van der Waals surface area contributed by atoms with E-state index in [0.717, 1.165) is 6.42 Å². The van der Waals surface area contributed by atoms with Gasteiger partial charge in [-0.15, -0.1) is 0 Å². The number of carbonyl (C=O) groups is 2. The molecule has 2 N–H and O–H groups in total. The van der Waals surface area contributed by atoms with E-state index in [0.29, 0.717) is 24.9 Å². The molecule has 0 spiro atoms. The van der Waals surface area contributed by atoms with Gasteiger partial charge in [-0.25, -0.2) is 8.42 Å². The van der Waals surface area contributed by atoms with Crippen LogP contribution in [-0.2, 0) is 25.4 Å². The second-order valence-electron chi connectivity index (χ2n) is 6.86. The molecule has 0 aromatic carbocycles. The van der Waals surface area contributed by atoms with E-state index in [1.807, 2.05) is 6.92 Å². The zero-order valence-corrected chi connectivity index (χ0v) is 15.6. The van der Waals surface area contributed by atoms with Crippen LogP contribution in [0.4, 0.5) is 0 Å². The summed E-state index contributed by atoms with van der Waals surface area (Å²) < 4.78 is 26.9. The van der Waals surface area contributed by atoms with Crippen LogP contribution in [0, 0.1) is 0 Å². The molecule has 142 valence electrons. The maximum absolute atomic E-state index is 12.8. The molecule has 26 heavy (non-hydrogen) atoms. The summed E-state index contributed by atoms with van der Waals surface area (Å²) in [6.07, 6.45) is 4.85. The SMILES string of the molecule is CCCC(N)C(=O)N1CCC2C1C(=O)CN2S(=O)(=O)Cc1cccnc1. The van der Waals surface area contributed by atoms with Gasteiger partial charge in [-0.05, 0) is 24.5 Å². The van der Waals surface area contributed by atoms with E-state index in [1.54, 1.807) is 18.3 Å². The lowest BCUT2D eigenvalue weighted by atomic mass is 10.1. The number of pyridine rings is 1. The zero-order valence-electron chi connectivity index (χ0n) is 14.7. The van der Waals surface area contributed by atoms with Crippen LogP contribution >= 0.6 is 0 Å². The smallest absolute Gasteiger partial charge is 0.240 e. The maximum Gasteiger partial charge on any atom is 0.240 e. The quantitative estimate of drug-likeness (QED) is 0.737. The maximum atomic E-state index is 12.8. The molecule has 0 aliphatic carbocycles. The second kappa shape index (κ2) is 7.42. The average molecular weight is 380 g/mol. The van der Waals surface area contributed by atoms with Crippen molar-refractivity contribution in [1.29, 1.82) is 0 Å². The van der Waals surface area contributed by atoms with E-state index in [1.165, 1.54) is 15.4 Å². The van der Waals surface area contributed by atoms with Gasteiger partial charge in [-0.1, -0.05) is 19.4 Å². The van der Waals surface area contributed by atoms with Crippen LogP contribution < -0.4 is 5.73 Å². The average Bonchev–Trinajstić information content (AvgIpc) is 3.17. The van der Waals surface area contributed by atoms with Crippen molar-refractivity contribution in [3.05, 3.63) is 30.1 Å². The predicted molar refractivity (Wildman–Crippen MR) is 95.4 cm³/mol. The van der Waals surface area contributed by atoms with E-state index in [9.17, 15) is 18.0 Å². The molecule has 8 nitrogen and oxygen atoms in total. The molecular formula is C17H24N4O4S. The lowest BCUT2D eigenvalue weighted by molar-refractivity contribution is -0.137. The number of ketones is 1. The number of hydrogen-bond acceptors (Lipinski definition) is 6. The Bertz CT molecular complexity index is 783. The van der Waals surface area contributed by atoms with Gasteiger partial charge in [-0.2, -0.15) is 4.31 Å². The van der Waals surface area contributed by atoms with Crippen molar-refractivity contribution in [3.63, 3.8) is 0 Å². The summed E-state index contributed by atoms with van der Waals surface area (Å²) >= 11 is 0. The normalized spacial score (nSPS) is 24.7. The molecule has 1 aromatic rings. The molecule has 0 saturated carbocycles. The number of nitrogens with two attached hydrogens (primary N) is 1. The molecule has 1 aromatic heterocycles. The number of nitrogens with zero attached hydrogens (tertiary/aromatic N) is 3. The zero-order chi connectivity index (χ0) is 18.9.